The summed E-state index contributed by atoms with van der Waals surface area (Å²) < 4.78 is 2.07. The normalized spacial score (nSPS) is 13.4. The van der Waals surface area contributed by atoms with Crippen molar-refractivity contribution in [2.24, 2.45) is 5.92 Å². The number of aryl methyl sites for hydroxylation is 2. The highest BCUT2D eigenvalue weighted by molar-refractivity contribution is 7.98. The second kappa shape index (κ2) is 9.67. The summed E-state index contributed by atoms with van der Waals surface area (Å²) in [5.41, 5.74) is 3.31. The summed E-state index contributed by atoms with van der Waals surface area (Å²) in [4.78, 5) is 12.2. The van der Waals surface area contributed by atoms with Crippen LogP contribution in [-0.2, 0) is 17.0 Å². The van der Waals surface area contributed by atoms with E-state index in [0.29, 0.717) is 18.8 Å². The highest BCUT2D eigenvalue weighted by Crippen LogP contribution is 2.28. The van der Waals surface area contributed by atoms with Crippen LogP contribution in [0.3, 0.4) is 0 Å². The smallest absolute Gasteiger partial charge is 0.220 e. The molecule has 1 amide bonds. The van der Waals surface area contributed by atoms with Crippen LogP contribution < -0.4 is 5.32 Å². The van der Waals surface area contributed by atoms with E-state index in [2.05, 4.69) is 51.3 Å². The van der Waals surface area contributed by atoms with Crippen molar-refractivity contribution in [3.05, 3.63) is 70.5 Å². The fraction of sp³-hybridized carbons (Fsp3) is 0.348. The molecule has 0 unspecified atom stereocenters. The molecule has 1 heterocycles. The Balaban J connectivity index is 1.51. The van der Waals surface area contributed by atoms with Gasteiger partial charge in [0.2, 0.25) is 5.91 Å². The molecule has 30 heavy (non-hydrogen) atoms. The van der Waals surface area contributed by atoms with Crippen molar-refractivity contribution < 1.29 is 4.79 Å². The average Bonchev–Trinajstić information content (AvgIpc) is 3.47. The van der Waals surface area contributed by atoms with E-state index in [1.807, 2.05) is 24.3 Å². The number of carbonyl (C=O) groups is 1. The number of thioether (sulfide) groups is 1. The first-order chi connectivity index (χ1) is 14.6. The lowest BCUT2D eigenvalue weighted by atomic mass is 10.2. The van der Waals surface area contributed by atoms with Crippen LogP contribution in [0.2, 0.25) is 5.02 Å². The Kier molecular flexibility index (Phi) is 6.75. The molecule has 1 aromatic heterocycles. The summed E-state index contributed by atoms with van der Waals surface area (Å²) in [7, 11) is 0. The number of nitrogens with zero attached hydrogens (tertiary/aromatic N) is 3. The van der Waals surface area contributed by atoms with E-state index in [4.69, 9.17) is 11.6 Å². The lowest BCUT2D eigenvalue weighted by Gasteiger charge is -2.11. The summed E-state index contributed by atoms with van der Waals surface area (Å²) in [5.74, 6) is 2.30. The first-order valence-corrected chi connectivity index (χ1v) is 11.6. The van der Waals surface area contributed by atoms with Crippen LogP contribution in [0.4, 0.5) is 0 Å². The minimum atomic E-state index is 0.0776. The second-order valence-corrected chi connectivity index (χ2v) is 9.12. The standard InChI is InChI=1S/C23H25ClN4OS/c1-16-4-2-7-20(12-16)28-21(10-11-22(29)25-14-17-8-9-17)26-27-23(28)30-15-18-5-3-6-19(24)13-18/h2-7,12-13,17H,8-11,14-15H2,1H3,(H,25,29). The Morgan fingerprint density at radius 2 is 2.03 bits per heavy atom. The summed E-state index contributed by atoms with van der Waals surface area (Å²) in [6.07, 6.45) is 3.43. The minimum Gasteiger partial charge on any atom is -0.356 e. The van der Waals surface area contributed by atoms with Crippen molar-refractivity contribution >= 4 is 29.3 Å². The average molecular weight is 441 g/mol. The number of amides is 1. The van der Waals surface area contributed by atoms with Gasteiger partial charge in [-0.3, -0.25) is 9.36 Å². The van der Waals surface area contributed by atoms with Gasteiger partial charge >= 0.3 is 0 Å². The lowest BCUT2D eigenvalue weighted by molar-refractivity contribution is -0.121. The third kappa shape index (κ3) is 5.64. The van der Waals surface area contributed by atoms with Crippen LogP contribution >= 0.6 is 23.4 Å². The molecule has 1 N–H and O–H groups in total. The fourth-order valence-corrected chi connectivity index (χ4v) is 4.38. The maximum absolute atomic E-state index is 12.2. The Bertz CT molecular complexity index is 1030. The monoisotopic (exact) mass is 440 g/mol. The van der Waals surface area contributed by atoms with Gasteiger partial charge in [0, 0.05) is 35.8 Å². The molecular formula is C23H25ClN4OS. The Morgan fingerprint density at radius 1 is 1.20 bits per heavy atom. The van der Waals surface area contributed by atoms with Crippen molar-refractivity contribution in [1.82, 2.24) is 20.1 Å². The van der Waals surface area contributed by atoms with Crippen molar-refractivity contribution in [2.75, 3.05) is 6.54 Å². The number of nitrogens with one attached hydrogen (secondary N) is 1. The van der Waals surface area contributed by atoms with E-state index >= 15 is 0 Å². The maximum Gasteiger partial charge on any atom is 0.220 e. The Morgan fingerprint density at radius 3 is 2.80 bits per heavy atom. The number of carbonyl (C=O) groups excluding carboxylic acids is 1. The van der Waals surface area contributed by atoms with Crippen molar-refractivity contribution in [2.45, 2.75) is 43.5 Å². The molecule has 0 saturated heterocycles. The number of hydrogen-bond donors (Lipinski definition) is 1. The zero-order valence-corrected chi connectivity index (χ0v) is 18.5. The molecule has 0 radical (unpaired) electrons. The molecule has 1 aliphatic carbocycles. The summed E-state index contributed by atoms with van der Waals surface area (Å²) in [6, 6.07) is 16.1. The van der Waals surface area contributed by atoms with Crippen molar-refractivity contribution in [3.63, 3.8) is 0 Å². The fourth-order valence-electron chi connectivity index (χ4n) is 3.25. The molecule has 2 aromatic carbocycles. The molecule has 4 rings (SSSR count). The van der Waals surface area contributed by atoms with Crippen LogP contribution in [-0.4, -0.2) is 27.2 Å². The van der Waals surface area contributed by atoms with Gasteiger partial charge in [-0.2, -0.15) is 0 Å². The predicted octanol–water partition coefficient (Wildman–Crippen LogP) is 4.98. The van der Waals surface area contributed by atoms with Gasteiger partial charge in [0.05, 0.1) is 0 Å². The Hall–Kier alpha value is -2.31. The third-order valence-corrected chi connectivity index (χ3v) is 6.31. The van der Waals surface area contributed by atoms with E-state index in [1.165, 1.54) is 18.4 Å². The van der Waals surface area contributed by atoms with Crippen molar-refractivity contribution in [1.29, 1.82) is 0 Å². The molecule has 0 atom stereocenters. The molecule has 3 aromatic rings. The quantitative estimate of drug-likeness (QED) is 0.476. The largest absolute Gasteiger partial charge is 0.356 e. The van der Waals surface area contributed by atoms with Crippen LogP contribution in [0.15, 0.2) is 53.7 Å². The lowest BCUT2D eigenvalue weighted by Crippen LogP contribution is -2.26. The van der Waals surface area contributed by atoms with Crippen molar-refractivity contribution in [3.8, 4) is 5.69 Å². The third-order valence-electron chi connectivity index (χ3n) is 5.08. The van der Waals surface area contributed by atoms with E-state index < -0.39 is 0 Å². The number of aromatic nitrogens is 3. The molecule has 1 saturated carbocycles. The highest BCUT2D eigenvalue weighted by Gasteiger charge is 2.22. The second-order valence-electron chi connectivity index (χ2n) is 7.74. The van der Waals surface area contributed by atoms with E-state index in [1.54, 1.807) is 11.8 Å². The Labute approximate surface area is 186 Å². The SMILES string of the molecule is Cc1cccc(-n2c(CCC(=O)NCC3CC3)nnc2SCc2cccc(Cl)c2)c1. The van der Waals surface area contributed by atoms with Gasteiger partial charge in [0.15, 0.2) is 5.16 Å². The molecular weight excluding hydrogens is 416 g/mol. The van der Waals surface area contributed by atoms with Crippen LogP contribution in [0, 0.1) is 12.8 Å². The number of halogens is 1. The number of benzene rings is 2. The van der Waals surface area contributed by atoms with Gasteiger partial charge in [-0.05, 0) is 61.1 Å². The van der Waals surface area contributed by atoms with Gasteiger partial charge in [-0.1, -0.05) is 47.6 Å². The summed E-state index contributed by atoms with van der Waals surface area (Å²) in [6.45, 7) is 2.86. The molecule has 156 valence electrons. The zero-order valence-electron chi connectivity index (χ0n) is 17.0. The molecule has 1 fully saturated rings. The molecule has 7 heteroatoms. The van der Waals surface area contributed by atoms with Crippen LogP contribution in [0.25, 0.3) is 5.69 Å². The first-order valence-electron chi connectivity index (χ1n) is 10.2. The summed E-state index contributed by atoms with van der Waals surface area (Å²) in [5, 5.41) is 13.4. The first kappa shape index (κ1) is 20.9. The van der Waals surface area contributed by atoms with Gasteiger partial charge in [0.1, 0.15) is 5.82 Å². The highest BCUT2D eigenvalue weighted by atomic mass is 35.5. The maximum atomic E-state index is 12.2. The van der Waals surface area contributed by atoms with Crippen LogP contribution in [0.5, 0.6) is 0 Å². The van der Waals surface area contributed by atoms with Gasteiger partial charge < -0.3 is 5.32 Å². The van der Waals surface area contributed by atoms with Gasteiger partial charge in [-0.25, -0.2) is 0 Å². The predicted molar refractivity (Wildman–Crippen MR) is 121 cm³/mol. The van der Waals surface area contributed by atoms with E-state index in [-0.39, 0.29) is 5.91 Å². The van der Waals surface area contributed by atoms with E-state index in [9.17, 15) is 4.79 Å². The van der Waals surface area contributed by atoms with Crippen LogP contribution in [0.1, 0.15) is 36.2 Å². The molecule has 1 aliphatic rings. The molecule has 5 nitrogen and oxygen atoms in total. The zero-order chi connectivity index (χ0) is 20.9. The molecule has 0 aliphatic heterocycles. The van der Waals surface area contributed by atoms with Gasteiger partial charge in [0.25, 0.3) is 0 Å². The number of rotatable bonds is 9. The topological polar surface area (TPSA) is 59.8 Å². The van der Waals surface area contributed by atoms with Gasteiger partial charge in [-0.15, -0.1) is 10.2 Å². The molecule has 0 spiro atoms. The number of hydrogen-bond acceptors (Lipinski definition) is 4. The summed E-state index contributed by atoms with van der Waals surface area (Å²) >= 11 is 7.73. The molecule has 0 bridgehead atoms. The minimum absolute atomic E-state index is 0.0776. The van der Waals surface area contributed by atoms with E-state index in [0.717, 1.165) is 39.6 Å².